The smallest absolute Gasteiger partial charge is 0.266 e. The van der Waals surface area contributed by atoms with Crippen LogP contribution in [0.5, 0.6) is 0 Å². The van der Waals surface area contributed by atoms with Gasteiger partial charge in [0.15, 0.2) is 0 Å². The Hall–Kier alpha value is -0.0300. The van der Waals surface area contributed by atoms with Gasteiger partial charge in [-0.25, -0.2) is 0 Å². The summed E-state index contributed by atoms with van der Waals surface area (Å²) in [5.74, 6) is -0.526. The normalized spacial score (nSPS) is 28.7. The van der Waals surface area contributed by atoms with Gasteiger partial charge < -0.3 is 0 Å². The highest BCUT2D eigenvalue weighted by Crippen LogP contribution is 2.32. The molecule has 0 spiro atoms. The molecule has 1 aliphatic carbocycles. The fourth-order valence-electron chi connectivity index (χ4n) is 1.13. The van der Waals surface area contributed by atoms with E-state index in [9.17, 15) is 8.42 Å². The van der Waals surface area contributed by atoms with E-state index in [0.717, 1.165) is 0 Å². The fourth-order valence-corrected chi connectivity index (χ4v) is 2.94. The Morgan fingerprint density at radius 1 is 1.62 bits per heavy atom. The van der Waals surface area contributed by atoms with Crippen LogP contribution in [-0.4, -0.2) is 23.6 Å². The summed E-state index contributed by atoms with van der Waals surface area (Å²) in [6.07, 6.45) is 4.93. The van der Waals surface area contributed by atoms with Crippen LogP contribution in [0.25, 0.3) is 0 Å². The summed E-state index contributed by atoms with van der Waals surface area (Å²) < 4.78 is 29.8. The van der Waals surface area contributed by atoms with Crippen molar-refractivity contribution in [2.75, 3.05) is 5.75 Å². The fraction of sp³-hybridized carbons (Fsp3) is 0.429. The number of rotatable bonds is 2. The third kappa shape index (κ3) is 3.68. The molecule has 1 rings (SSSR count). The summed E-state index contributed by atoms with van der Waals surface area (Å²) in [4.78, 5) is -1.11. The first-order valence-corrected chi connectivity index (χ1v) is 5.85. The average Bonchev–Trinajstić information content (AvgIpc) is 1.79. The van der Waals surface area contributed by atoms with Crippen molar-refractivity contribution in [2.45, 2.75) is 11.3 Å². The van der Waals surface area contributed by atoms with Gasteiger partial charge in [-0.05, 0) is 6.08 Å². The lowest BCUT2D eigenvalue weighted by Crippen LogP contribution is -2.30. The van der Waals surface area contributed by atoms with Crippen LogP contribution in [0.15, 0.2) is 23.3 Å². The number of hydrogen-bond donors (Lipinski definition) is 1. The summed E-state index contributed by atoms with van der Waals surface area (Å²) >= 11 is 11.6. The van der Waals surface area contributed by atoms with Crippen molar-refractivity contribution < 1.29 is 13.0 Å². The van der Waals surface area contributed by atoms with Gasteiger partial charge in [-0.15, -0.1) is 11.6 Å². The quantitative estimate of drug-likeness (QED) is 0.595. The summed E-state index contributed by atoms with van der Waals surface area (Å²) in [6, 6.07) is 0. The summed E-state index contributed by atoms with van der Waals surface area (Å²) in [7, 11) is -4.07. The van der Waals surface area contributed by atoms with E-state index in [0.29, 0.717) is 5.03 Å². The lowest BCUT2D eigenvalue weighted by atomic mass is 10.0. The van der Waals surface area contributed by atoms with Gasteiger partial charge in [-0.3, -0.25) is 4.55 Å². The molecule has 1 unspecified atom stereocenters. The monoisotopic (exact) mass is 242 g/mol. The maximum atomic E-state index is 10.6. The van der Waals surface area contributed by atoms with E-state index in [1.54, 1.807) is 12.2 Å². The second-order valence-corrected chi connectivity index (χ2v) is 5.60. The number of alkyl halides is 1. The molecule has 0 aromatic rings. The topological polar surface area (TPSA) is 54.4 Å². The maximum absolute atomic E-state index is 10.6. The van der Waals surface area contributed by atoms with Gasteiger partial charge in [0, 0.05) is 11.5 Å². The molecule has 6 heteroatoms. The standard InChI is InChI=1S/C7H8Cl2O3S/c8-6-2-1-3-7(9,4-6)5-13(10,11)12/h1-3H,4-5H2,(H,10,11,12). The Morgan fingerprint density at radius 3 is 2.69 bits per heavy atom. The van der Waals surface area contributed by atoms with Crippen LogP contribution >= 0.6 is 23.2 Å². The lowest BCUT2D eigenvalue weighted by Gasteiger charge is -2.23. The molecule has 0 aliphatic heterocycles. The predicted molar refractivity (Wildman–Crippen MR) is 52.7 cm³/mol. The lowest BCUT2D eigenvalue weighted by molar-refractivity contribution is 0.477. The first kappa shape index (κ1) is 11.0. The van der Waals surface area contributed by atoms with Crippen molar-refractivity contribution in [3.63, 3.8) is 0 Å². The van der Waals surface area contributed by atoms with Gasteiger partial charge in [0.05, 0.1) is 10.6 Å². The second-order valence-electron chi connectivity index (χ2n) is 2.91. The highest BCUT2D eigenvalue weighted by atomic mass is 35.5. The van der Waals surface area contributed by atoms with Crippen LogP contribution < -0.4 is 0 Å². The first-order valence-electron chi connectivity index (χ1n) is 3.49. The van der Waals surface area contributed by atoms with Gasteiger partial charge in [0.2, 0.25) is 0 Å². The molecule has 0 saturated carbocycles. The Kier molecular flexibility index (Phi) is 3.07. The van der Waals surface area contributed by atoms with Crippen molar-refractivity contribution in [2.24, 2.45) is 0 Å². The molecular formula is C7H8Cl2O3S. The molecule has 1 atom stereocenters. The number of allylic oxidation sites excluding steroid dienone is 4. The minimum atomic E-state index is -4.07. The molecule has 0 heterocycles. The molecule has 3 nitrogen and oxygen atoms in total. The van der Waals surface area contributed by atoms with Crippen molar-refractivity contribution in [3.8, 4) is 0 Å². The first-order chi connectivity index (χ1) is 5.81. The molecule has 0 amide bonds. The molecule has 0 saturated heterocycles. The SMILES string of the molecule is O=S(=O)(O)CC1(Cl)C=CC=C(Cl)C1. The van der Waals surface area contributed by atoms with E-state index in [4.69, 9.17) is 27.8 Å². The van der Waals surface area contributed by atoms with Crippen LogP contribution in [0.4, 0.5) is 0 Å². The molecule has 0 fully saturated rings. The molecular weight excluding hydrogens is 235 g/mol. The Bertz CT molecular complexity index is 358. The van der Waals surface area contributed by atoms with Crippen molar-refractivity contribution in [1.82, 2.24) is 0 Å². The molecule has 0 bridgehead atoms. The summed E-state index contributed by atoms with van der Waals surface area (Å²) in [6.45, 7) is 0. The Morgan fingerprint density at radius 2 is 2.23 bits per heavy atom. The highest BCUT2D eigenvalue weighted by Gasteiger charge is 2.32. The van der Waals surface area contributed by atoms with Gasteiger partial charge in [0.1, 0.15) is 0 Å². The van der Waals surface area contributed by atoms with E-state index >= 15 is 0 Å². The van der Waals surface area contributed by atoms with E-state index in [1.807, 2.05) is 0 Å². The molecule has 1 aliphatic rings. The second kappa shape index (κ2) is 3.61. The van der Waals surface area contributed by atoms with Crippen LogP contribution in [0.1, 0.15) is 6.42 Å². The van der Waals surface area contributed by atoms with E-state index in [1.165, 1.54) is 6.08 Å². The maximum Gasteiger partial charge on any atom is 0.266 e. The molecule has 0 aromatic carbocycles. The van der Waals surface area contributed by atoms with E-state index in [2.05, 4.69) is 0 Å². The zero-order chi connectivity index (χ0) is 10.1. The molecule has 0 aromatic heterocycles. The zero-order valence-electron chi connectivity index (χ0n) is 6.57. The largest absolute Gasteiger partial charge is 0.285 e. The molecule has 13 heavy (non-hydrogen) atoms. The molecule has 1 N–H and O–H groups in total. The predicted octanol–water partition coefficient (Wildman–Crippen LogP) is 1.93. The minimum Gasteiger partial charge on any atom is -0.285 e. The molecule has 74 valence electrons. The summed E-state index contributed by atoms with van der Waals surface area (Å²) in [5.41, 5.74) is 0. The van der Waals surface area contributed by atoms with Crippen LogP contribution in [0, 0.1) is 0 Å². The third-order valence-electron chi connectivity index (χ3n) is 1.56. The third-order valence-corrected chi connectivity index (χ3v) is 3.25. The van der Waals surface area contributed by atoms with Crippen molar-refractivity contribution in [3.05, 3.63) is 23.3 Å². The molecule has 0 radical (unpaired) electrons. The van der Waals surface area contributed by atoms with Gasteiger partial charge >= 0.3 is 0 Å². The van der Waals surface area contributed by atoms with Gasteiger partial charge in [-0.1, -0.05) is 23.8 Å². The zero-order valence-corrected chi connectivity index (χ0v) is 8.90. The van der Waals surface area contributed by atoms with Crippen molar-refractivity contribution in [1.29, 1.82) is 0 Å². The number of halogens is 2. The van der Waals surface area contributed by atoms with Crippen LogP contribution in [-0.2, 0) is 10.1 Å². The van der Waals surface area contributed by atoms with Gasteiger partial charge in [-0.2, -0.15) is 8.42 Å². The highest BCUT2D eigenvalue weighted by molar-refractivity contribution is 7.85. The Labute approximate surface area is 86.8 Å². The van der Waals surface area contributed by atoms with Crippen molar-refractivity contribution >= 4 is 33.3 Å². The number of hydrogen-bond acceptors (Lipinski definition) is 2. The average molecular weight is 243 g/mol. The summed E-state index contributed by atoms with van der Waals surface area (Å²) in [5, 5.41) is 0.473. The van der Waals surface area contributed by atoms with Gasteiger partial charge in [0.25, 0.3) is 10.1 Å². The Balaban J connectivity index is 2.81. The van der Waals surface area contributed by atoms with E-state index < -0.39 is 20.7 Å². The van der Waals surface area contributed by atoms with Crippen LogP contribution in [0.3, 0.4) is 0 Å². The minimum absolute atomic E-state index is 0.215. The van der Waals surface area contributed by atoms with E-state index in [-0.39, 0.29) is 6.42 Å². The van der Waals surface area contributed by atoms with Crippen LogP contribution in [0.2, 0.25) is 0 Å².